The van der Waals surface area contributed by atoms with Crippen LogP contribution in [0.4, 0.5) is 10.1 Å². The maximum absolute atomic E-state index is 13.1. The van der Waals surface area contributed by atoms with Crippen LogP contribution < -0.4 is 10.5 Å². The van der Waals surface area contributed by atoms with Crippen molar-refractivity contribution >= 4 is 44.5 Å². The molecule has 2 aromatic carbocycles. The summed E-state index contributed by atoms with van der Waals surface area (Å²) in [6.07, 6.45) is 0. The quantitative estimate of drug-likeness (QED) is 0.836. The molecule has 0 amide bonds. The van der Waals surface area contributed by atoms with E-state index in [9.17, 15) is 12.8 Å². The van der Waals surface area contributed by atoms with Gasteiger partial charge in [-0.15, -0.1) is 0 Å². The normalized spacial score (nSPS) is 11.1. The first kappa shape index (κ1) is 15.7. The van der Waals surface area contributed by atoms with Gasteiger partial charge in [-0.2, -0.15) is 0 Å². The third-order valence-corrected chi connectivity index (χ3v) is 4.68. The van der Waals surface area contributed by atoms with Crippen LogP contribution in [0.3, 0.4) is 0 Å². The number of halogens is 2. The van der Waals surface area contributed by atoms with Gasteiger partial charge >= 0.3 is 0 Å². The number of sulfonamides is 1. The van der Waals surface area contributed by atoms with Crippen LogP contribution in [0.1, 0.15) is 5.56 Å². The second-order valence-corrected chi connectivity index (χ2v) is 6.62. The minimum absolute atomic E-state index is 0.0129. The zero-order valence-corrected chi connectivity index (χ0v) is 12.9. The van der Waals surface area contributed by atoms with Crippen LogP contribution in [0.15, 0.2) is 47.4 Å². The van der Waals surface area contributed by atoms with Gasteiger partial charge in [0.15, 0.2) is 0 Å². The summed E-state index contributed by atoms with van der Waals surface area (Å²) in [6, 6.07) is 9.25. The Hall–Kier alpha value is -1.70. The standard InChI is InChI=1S/C13H10ClFN2O2S2/c14-11-5-4-8(13(16)20)6-12(11)21(18,19)17-10-3-1-2-9(15)7-10/h1-7,17H,(H2,16,20). The van der Waals surface area contributed by atoms with Gasteiger partial charge in [0, 0.05) is 5.56 Å². The minimum Gasteiger partial charge on any atom is -0.389 e. The van der Waals surface area contributed by atoms with Crippen molar-refractivity contribution in [3.8, 4) is 0 Å². The molecule has 0 radical (unpaired) electrons. The van der Waals surface area contributed by atoms with Crippen molar-refractivity contribution in [2.45, 2.75) is 4.90 Å². The molecule has 4 nitrogen and oxygen atoms in total. The van der Waals surface area contributed by atoms with Crippen LogP contribution in [-0.4, -0.2) is 13.4 Å². The number of anilines is 1. The van der Waals surface area contributed by atoms with E-state index in [1.54, 1.807) is 0 Å². The molecule has 2 rings (SSSR count). The Morgan fingerprint density at radius 1 is 1.24 bits per heavy atom. The zero-order chi connectivity index (χ0) is 15.6. The molecular weight excluding hydrogens is 335 g/mol. The van der Waals surface area contributed by atoms with Gasteiger partial charge in [-0.3, -0.25) is 4.72 Å². The highest BCUT2D eigenvalue weighted by Gasteiger charge is 2.19. The Morgan fingerprint density at radius 3 is 2.57 bits per heavy atom. The first-order valence-electron chi connectivity index (χ1n) is 5.67. The van der Waals surface area contributed by atoms with Crippen molar-refractivity contribution in [1.29, 1.82) is 0 Å². The largest absolute Gasteiger partial charge is 0.389 e. The maximum atomic E-state index is 13.1. The summed E-state index contributed by atoms with van der Waals surface area (Å²) in [4.78, 5) is -0.132. The number of hydrogen-bond donors (Lipinski definition) is 2. The van der Waals surface area contributed by atoms with Crippen LogP contribution in [0, 0.1) is 5.82 Å². The molecule has 0 spiro atoms. The molecule has 3 N–H and O–H groups in total. The molecule has 0 fully saturated rings. The van der Waals surface area contributed by atoms with Crippen LogP contribution in [0.5, 0.6) is 0 Å². The lowest BCUT2D eigenvalue weighted by Gasteiger charge is -2.11. The molecule has 0 atom stereocenters. The predicted octanol–water partition coefficient (Wildman–Crippen LogP) is 2.91. The fourth-order valence-corrected chi connectivity index (χ4v) is 3.33. The third kappa shape index (κ3) is 3.69. The Bertz CT molecular complexity index is 810. The number of thiocarbonyl (C=S) groups is 1. The Balaban J connectivity index is 2.44. The molecule has 110 valence electrons. The average Bonchev–Trinajstić information content (AvgIpc) is 2.38. The van der Waals surface area contributed by atoms with E-state index in [1.165, 1.54) is 36.4 Å². The highest BCUT2D eigenvalue weighted by Crippen LogP contribution is 2.25. The topological polar surface area (TPSA) is 72.2 Å². The molecule has 0 aromatic heterocycles. The van der Waals surface area contributed by atoms with E-state index in [2.05, 4.69) is 4.72 Å². The van der Waals surface area contributed by atoms with Crippen LogP contribution in [0.2, 0.25) is 5.02 Å². The van der Waals surface area contributed by atoms with Crippen LogP contribution in [0.25, 0.3) is 0 Å². The second kappa shape index (κ2) is 5.97. The lowest BCUT2D eigenvalue weighted by molar-refractivity contribution is 0.601. The molecule has 0 saturated carbocycles. The summed E-state index contributed by atoms with van der Waals surface area (Å²) in [5.74, 6) is -0.557. The Labute approximate surface area is 131 Å². The summed E-state index contributed by atoms with van der Waals surface area (Å²) in [7, 11) is -3.98. The van der Waals surface area contributed by atoms with Gasteiger partial charge in [-0.05, 0) is 30.3 Å². The third-order valence-electron chi connectivity index (χ3n) is 2.58. The van der Waals surface area contributed by atoms with Crippen molar-refractivity contribution in [3.63, 3.8) is 0 Å². The summed E-state index contributed by atoms with van der Waals surface area (Å²) >= 11 is 10.7. The summed E-state index contributed by atoms with van der Waals surface area (Å²) in [5, 5.41) is 0.0129. The molecule has 0 aliphatic carbocycles. The van der Waals surface area contributed by atoms with Crippen LogP contribution >= 0.6 is 23.8 Å². The molecule has 0 bridgehead atoms. The van der Waals surface area contributed by atoms with Gasteiger partial charge in [-0.25, -0.2) is 12.8 Å². The van der Waals surface area contributed by atoms with Crippen LogP contribution in [-0.2, 0) is 10.0 Å². The molecule has 0 saturated heterocycles. The Morgan fingerprint density at radius 2 is 1.95 bits per heavy atom. The fraction of sp³-hybridized carbons (Fsp3) is 0. The van der Waals surface area contributed by atoms with E-state index in [-0.39, 0.29) is 20.6 Å². The SMILES string of the molecule is NC(=S)c1ccc(Cl)c(S(=O)(=O)Nc2cccc(F)c2)c1. The highest BCUT2D eigenvalue weighted by atomic mass is 35.5. The molecule has 0 heterocycles. The first-order valence-corrected chi connectivity index (χ1v) is 7.94. The van der Waals surface area contributed by atoms with Gasteiger partial charge in [0.05, 0.1) is 10.7 Å². The van der Waals surface area contributed by atoms with Crippen molar-refractivity contribution < 1.29 is 12.8 Å². The van der Waals surface area contributed by atoms with Gasteiger partial charge in [0.1, 0.15) is 15.7 Å². The van der Waals surface area contributed by atoms with Gasteiger partial charge in [-0.1, -0.05) is 36.0 Å². The fourth-order valence-electron chi connectivity index (χ4n) is 1.62. The Kier molecular flexibility index (Phi) is 4.46. The van der Waals surface area contributed by atoms with E-state index in [4.69, 9.17) is 29.6 Å². The number of hydrogen-bond acceptors (Lipinski definition) is 3. The molecule has 8 heteroatoms. The molecule has 0 unspecified atom stereocenters. The van der Waals surface area contributed by atoms with Crippen molar-refractivity contribution in [2.75, 3.05) is 4.72 Å². The average molecular weight is 345 g/mol. The van der Waals surface area contributed by atoms with Crippen molar-refractivity contribution in [2.24, 2.45) is 5.73 Å². The minimum atomic E-state index is -3.98. The lowest BCUT2D eigenvalue weighted by Crippen LogP contribution is -2.16. The summed E-state index contributed by atoms with van der Waals surface area (Å²) < 4.78 is 40.0. The zero-order valence-electron chi connectivity index (χ0n) is 10.5. The van der Waals surface area contributed by atoms with E-state index in [0.29, 0.717) is 5.56 Å². The summed E-state index contributed by atoms with van der Waals surface area (Å²) in [6.45, 7) is 0. The number of rotatable bonds is 4. The van der Waals surface area contributed by atoms with Gasteiger partial charge in [0.25, 0.3) is 10.0 Å². The van der Waals surface area contributed by atoms with Crippen molar-refractivity contribution in [3.05, 3.63) is 58.9 Å². The van der Waals surface area contributed by atoms with E-state index >= 15 is 0 Å². The molecular formula is C13H10ClFN2O2S2. The smallest absolute Gasteiger partial charge is 0.263 e. The predicted molar refractivity (Wildman–Crippen MR) is 84.5 cm³/mol. The van der Waals surface area contributed by atoms with E-state index < -0.39 is 15.8 Å². The monoisotopic (exact) mass is 344 g/mol. The second-order valence-electron chi connectivity index (χ2n) is 4.13. The lowest BCUT2D eigenvalue weighted by atomic mass is 10.2. The van der Waals surface area contributed by atoms with Gasteiger partial charge in [0.2, 0.25) is 0 Å². The summed E-state index contributed by atoms with van der Waals surface area (Å²) in [5.41, 5.74) is 5.93. The first-order chi connectivity index (χ1) is 9.79. The van der Waals surface area contributed by atoms with Gasteiger partial charge < -0.3 is 5.73 Å². The molecule has 2 aromatic rings. The van der Waals surface area contributed by atoms with E-state index in [0.717, 1.165) is 6.07 Å². The molecule has 0 aliphatic heterocycles. The highest BCUT2D eigenvalue weighted by molar-refractivity contribution is 7.92. The molecule has 21 heavy (non-hydrogen) atoms. The van der Waals surface area contributed by atoms with E-state index in [1.807, 2.05) is 0 Å². The maximum Gasteiger partial charge on any atom is 0.263 e. The van der Waals surface area contributed by atoms with Crippen molar-refractivity contribution in [1.82, 2.24) is 0 Å². The molecule has 0 aliphatic rings. The number of benzene rings is 2. The number of nitrogens with one attached hydrogen (secondary N) is 1. The number of nitrogens with two attached hydrogens (primary N) is 1.